The molecule has 0 bridgehead atoms. The van der Waals surface area contributed by atoms with Gasteiger partial charge in [0.05, 0.1) is 0 Å². The SMILES string of the molecule is Cc1nc(CCN(C)C)nc(C)c1CNC(C)(C)C. The maximum absolute atomic E-state index is 4.63. The van der Waals surface area contributed by atoms with E-state index < -0.39 is 0 Å². The second-order valence-corrected chi connectivity index (χ2v) is 6.45. The molecular formula is C15H28N4. The number of hydrogen-bond donors (Lipinski definition) is 1. The van der Waals surface area contributed by atoms with Crippen molar-refractivity contribution in [1.29, 1.82) is 0 Å². The molecule has 1 heterocycles. The van der Waals surface area contributed by atoms with Crippen molar-refractivity contribution >= 4 is 0 Å². The summed E-state index contributed by atoms with van der Waals surface area (Å²) in [7, 11) is 4.14. The molecule has 0 fully saturated rings. The predicted octanol–water partition coefficient (Wildman–Crippen LogP) is 2.09. The third-order valence-corrected chi connectivity index (χ3v) is 3.05. The first-order valence-electron chi connectivity index (χ1n) is 6.92. The molecular weight excluding hydrogens is 236 g/mol. The van der Waals surface area contributed by atoms with Crippen LogP contribution in [-0.4, -0.2) is 41.0 Å². The molecule has 0 aromatic carbocycles. The minimum absolute atomic E-state index is 0.114. The summed E-state index contributed by atoms with van der Waals surface area (Å²) in [5, 5.41) is 3.50. The van der Waals surface area contributed by atoms with Gasteiger partial charge in [-0.25, -0.2) is 9.97 Å². The van der Waals surface area contributed by atoms with Crippen molar-refractivity contribution < 1.29 is 0 Å². The number of hydrogen-bond acceptors (Lipinski definition) is 4. The van der Waals surface area contributed by atoms with E-state index >= 15 is 0 Å². The van der Waals surface area contributed by atoms with Crippen LogP contribution in [0.25, 0.3) is 0 Å². The lowest BCUT2D eigenvalue weighted by molar-refractivity contribution is 0.408. The average Bonchev–Trinajstić information content (AvgIpc) is 2.23. The van der Waals surface area contributed by atoms with Crippen LogP contribution in [0.15, 0.2) is 0 Å². The van der Waals surface area contributed by atoms with Crippen LogP contribution in [0.5, 0.6) is 0 Å². The van der Waals surface area contributed by atoms with E-state index in [1.807, 2.05) is 0 Å². The molecule has 0 unspecified atom stereocenters. The van der Waals surface area contributed by atoms with Crippen molar-refractivity contribution in [1.82, 2.24) is 20.2 Å². The minimum atomic E-state index is 0.114. The largest absolute Gasteiger partial charge is 0.309 e. The normalized spacial score (nSPS) is 12.2. The summed E-state index contributed by atoms with van der Waals surface area (Å²) in [4.78, 5) is 11.4. The van der Waals surface area contributed by atoms with Crippen molar-refractivity contribution in [3.05, 3.63) is 22.8 Å². The van der Waals surface area contributed by atoms with E-state index in [1.54, 1.807) is 0 Å². The van der Waals surface area contributed by atoms with Crippen LogP contribution in [0.3, 0.4) is 0 Å². The summed E-state index contributed by atoms with van der Waals surface area (Å²) in [5.41, 5.74) is 3.53. The van der Waals surface area contributed by atoms with Crippen molar-refractivity contribution in [2.24, 2.45) is 0 Å². The molecule has 1 rings (SSSR count). The monoisotopic (exact) mass is 264 g/mol. The van der Waals surface area contributed by atoms with Gasteiger partial charge in [-0.15, -0.1) is 0 Å². The first-order chi connectivity index (χ1) is 8.69. The van der Waals surface area contributed by atoms with Gasteiger partial charge in [-0.05, 0) is 48.7 Å². The Morgan fingerprint density at radius 1 is 1.05 bits per heavy atom. The number of aryl methyl sites for hydroxylation is 2. The third kappa shape index (κ3) is 5.66. The number of nitrogens with one attached hydrogen (secondary N) is 1. The van der Waals surface area contributed by atoms with Crippen LogP contribution in [0.1, 0.15) is 43.5 Å². The van der Waals surface area contributed by atoms with Gasteiger partial charge in [-0.1, -0.05) is 0 Å². The Morgan fingerprint density at radius 2 is 1.58 bits per heavy atom. The summed E-state index contributed by atoms with van der Waals surface area (Å²) in [6, 6.07) is 0. The van der Waals surface area contributed by atoms with E-state index in [1.165, 1.54) is 5.56 Å². The van der Waals surface area contributed by atoms with Gasteiger partial charge in [0, 0.05) is 42.0 Å². The van der Waals surface area contributed by atoms with E-state index in [4.69, 9.17) is 0 Å². The summed E-state index contributed by atoms with van der Waals surface area (Å²) in [6.45, 7) is 12.5. The molecule has 0 atom stereocenters. The van der Waals surface area contributed by atoms with Gasteiger partial charge in [0.15, 0.2) is 0 Å². The standard InChI is InChI=1S/C15H28N4/c1-11-13(10-16-15(3,4)5)12(2)18-14(17-11)8-9-19(6)7/h16H,8-10H2,1-7H3. The third-order valence-electron chi connectivity index (χ3n) is 3.05. The smallest absolute Gasteiger partial charge is 0.130 e. The number of nitrogens with zero attached hydrogens (tertiary/aromatic N) is 3. The molecule has 0 saturated carbocycles. The van der Waals surface area contributed by atoms with Gasteiger partial charge >= 0.3 is 0 Å². The van der Waals surface area contributed by atoms with Crippen LogP contribution >= 0.6 is 0 Å². The first-order valence-corrected chi connectivity index (χ1v) is 6.92. The number of aromatic nitrogens is 2. The zero-order valence-corrected chi connectivity index (χ0v) is 13.5. The van der Waals surface area contributed by atoms with Crippen LogP contribution in [0.2, 0.25) is 0 Å². The molecule has 0 aliphatic heterocycles. The van der Waals surface area contributed by atoms with Crippen LogP contribution < -0.4 is 5.32 Å². The molecule has 0 amide bonds. The number of rotatable bonds is 5. The van der Waals surface area contributed by atoms with E-state index in [0.29, 0.717) is 0 Å². The fourth-order valence-electron chi connectivity index (χ4n) is 1.85. The zero-order valence-electron chi connectivity index (χ0n) is 13.5. The number of likely N-dealkylation sites (N-methyl/N-ethyl adjacent to an activating group) is 1. The fraction of sp³-hybridized carbons (Fsp3) is 0.733. The van der Waals surface area contributed by atoms with Gasteiger partial charge in [0.1, 0.15) is 5.82 Å². The van der Waals surface area contributed by atoms with E-state index in [0.717, 1.165) is 36.7 Å². The Kier molecular flexibility index (Phi) is 5.44. The highest BCUT2D eigenvalue weighted by atomic mass is 15.1. The maximum atomic E-state index is 4.63. The second-order valence-electron chi connectivity index (χ2n) is 6.45. The quantitative estimate of drug-likeness (QED) is 0.884. The molecule has 1 N–H and O–H groups in total. The molecule has 4 nitrogen and oxygen atoms in total. The van der Waals surface area contributed by atoms with E-state index in [9.17, 15) is 0 Å². The highest BCUT2D eigenvalue weighted by molar-refractivity contribution is 5.24. The van der Waals surface area contributed by atoms with Gasteiger partial charge < -0.3 is 10.2 Å². The molecule has 0 radical (unpaired) electrons. The zero-order chi connectivity index (χ0) is 14.6. The van der Waals surface area contributed by atoms with Gasteiger partial charge in [-0.3, -0.25) is 0 Å². The van der Waals surface area contributed by atoms with Crippen molar-refractivity contribution in [2.75, 3.05) is 20.6 Å². The maximum Gasteiger partial charge on any atom is 0.130 e. The molecule has 0 saturated heterocycles. The summed E-state index contributed by atoms with van der Waals surface area (Å²) < 4.78 is 0. The first kappa shape index (κ1) is 16.1. The predicted molar refractivity (Wildman–Crippen MR) is 80.4 cm³/mol. The Balaban J connectivity index is 2.79. The average molecular weight is 264 g/mol. The van der Waals surface area contributed by atoms with Crippen molar-refractivity contribution in [3.63, 3.8) is 0 Å². The second kappa shape index (κ2) is 6.44. The van der Waals surface area contributed by atoms with Crippen LogP contribution in [0.4, 0.5) is 0 Å². The molecule has 108 valence electrons. The molecule has 1 aromatic heterocycles. The molecule has 0 spiro atoms. The lowest BCUT2D eigenvalue weighted by Crippen LogP contribution is -2.35. The van der Waals surface area contributed by atoms with Gasteiger partial charge in [0.2, 0.25) is 0 Å². The Labute approximate surface area is 117 Å². The summed E-state index contributed by atoms with van der Waals surface area (Å²) in [5.74, 6) is 0.947. The highest BCUT2D eigenvalue weighted by Gasteiger charge is 2.13. The lowest BCUT2D eigenvalue weighted by atomic mass is 10.1. The lowest BCUT2D eigenvalue weighted by Gasteiger charge is -2.22. The minimum Gasteiger partial charge on any atom is -0.309 e. The topological polar surface area (TPSA) is 41.1 Å². The fourth-order valence-corrected chi connectivity index (χ4v) is 1.85. The van der Waals surface area contributed by atoms with E-state index in [2.05, 4.69) is 68.9 Å². The highest BCUT2D eigenvalue weighted by Crippen LogP contribution is 2.12. The van der Waals surface area contributed by atoms with Crippen LogP contribution in [0, 0.1) is 13.8 Å². The molecule has 0 aliphatic rings. The van der Waals surface area contributed by atoms with Crippen molar-refractivity contribution in [3.8, 4) is 0 Å². The van der Waals surface area contributed by atoms with Gasteiger partial charge in [0.25, 0.3) is 0 Å². The van der Waals surface area contributed by atoms with Crippen molar-refractivity contribution in [2.45, 2.75) is 53.1 Å². The van der Waals surface area contributed by atoms with E-state index in [-0.39, 0.29) is 5.54 Å². The summed E-state index contributed by atoms with van der Waals surface area (Å²) >= 11 is 0. The molecule has 0 aliphatic carbocycles. The Morgan fingerprint density at radius 3 is 2.00 bits per heavy atom. The molecule has 1 aromatic rings. The van der Waals surface area contributed by atoms with Crippen LogP contribution in [-0.2, 0) is 13.0 Å². The molecule has 4 heteroatoms. The Hall–Kier alpha value is -1.00. The van der Waals surface area contributed by atoms with Gasteiger partial charge in [-0.2, -0.15) is 0 Å². The summed E-state index contributed by atoms with van der Waals surface area (Å²) in [6.07, 6.45) is 0.904. The molecule has 19 heavy (non-hydrogen) atoms. The Bertz CT molecular complexity index is 396.